The average Bonchev–Trinajstić information content (AvgIpc) is 3.46. The number of amides is 1. The summed E-state index contributed by atoms with van der Waals surface area (Å²) >= 11 is 12.1. The van der Waals surface area contributed by atoms with E-state index in [1.165, 1.54) is 17.9 Å². The third kappa shape index (κ3) is 5.62. The van der Waals surface area contributed by atoms with E-state index in [1.807, 2.05) is 9.80 Å². The van der Waals surface area contributed by atoms with Crippen molar-refractivity contribution in [3.05, 3.63) is 52.0 Å². The van der Waals surface area contributed by atoms with Crippen molar-refractivity contribution in [2.24, 2.45) is 0 Å². The number of benzene rings is 2. The van der Waals surface area contributed by atoms with E-state index < -0.39 is 11.9 Å². The van der Waals surface area contributed by atoms with Crippen LogP contribution in [0.1, 0.15) is 30.4 Å². The molecule has 200 valence electrons. The van der Waals surface area contributed by atoms with Crippen LogP contribution >= 0.6 is 23.2 Å². The van der Waals surface area contributed by atoms with Crippen LogP contribution in [0.25, 0.3) is 11.0 Å². The largest absolute Gasteiger partial charge is 0.444 e. The molecule has 3 aromatic rings. The fourth-order valence-corrected chi connectivity index (χ4v) is 5.05. The van der Waals surface area contributed by atoms with Gasteiger partial charge in [-0.3, -0.25) is 14.6 Å². The number of ketones is 2. The SMILES string of the molecule is CC(=O)CC[C@H]1CN(c2ccc(N3CCN(CC(=O)c4nc5cc(Cl)c(Cl)cc5[nH]4)CC3)c(F)c2)C(=O)O1. The zero-order valence-electron chi connectivity index (χ0n) is 20.7. The molecule has 2 aliphatic heterocycles. The molecule has 2 saturated heterocycles. The van der Waals surface area contributed by atoms with Gasteiger partial charge in [-0.2, -0.15) is 0 Å². The van der Waals surface area contributed by atoms with Gasteiger partial charge in [-0.1, -0.05) is 23.2 Å². The van der Waals surface area contributed by atoms with Crippen molar-refractivity contribution in [1.82, 2.24) is 14.9 Å². The number of anilines is 2. The van der Waals surface area contributed by atoms with E-state index in [0.29, 0.717) is 71.5 Å². The van der Waals surface area contributed by atoms with Gasteiger partial charge in [-0.25, -0.2) is 14.2 Å². The third-order valence-electron chi connectivity index (χ3n) is 6.80. The number of nitrogens with zero attached hydrogens (tertiary/aromatic N) is 4. The smallest absolute Gasteiger partial charge is 0.414 e. The highest BCUT2D eigenvalue weighted by molar-refractivity contribution is 6.42. The normalized spacial score (nSPS) is 18.3. The van der Waals surface area contributed by atoms with Gasteiger partial charge < -0.3 is 19.4 Å². The molecule has 1 amide bonds. The van der Waals surface area contributed by atoms with Gasteiger partial charge in [-0.15, -0.1) is 0 Å². The van der Waals surface area contributed by atoms with Gasteiger partial charge in [0.15, 0.2) is 5.82 Å². The molecule has 38 heavy (non-hydrogen) atoms. The number of rotatable bonds is 8. The van der Waals surface area contributed by atoms with E-state index in [1.54, 1.807) is 24.3 Å². The quantitative estimate of drug-likeness (QED) is 0.397. The first-order valence-electron chi connectivity index (χ1n) is 12.3. The van der Waals surface area contributed by atoms with E-state index in [4.69, 9.17) is 27.9 Å². The van der Waals surface area contributed by atoms with Crippen LogP contribution in [0.15, 0.2) is 30.3 Å². The molecule has 2 aliphatic rings. The monoisotopic (exact) mass is 561 g/mol. The first-order chi connectivity index (χ1) is 18.2. The highest BCUT2D eigenvalue weighted by atomic mass is 35.5. The summed E-state index contributed by atoms with van der Waals surface area (Å²) in [5, 5.41) is 0.752. The van der Waals surface area contributed by atoms with E-state index in [2.05, 4.69) is 9.97 Å². The molecule has 1 atom stereocenters. The van der Waals surface area contributed by atoms with Crippen LogP contribution in [0.2, 0.25) is 10.0 Å². The Hall–Kier alpha value is -3.21. The summed E-state index contributed by atoms with van der Waals surface area (Å²) in [5.41, 5.74) is 2.06. The molecule has 1 aromatic heterocycles. The molecule has 2 aromatic carbocycles. The number of aromatic nitrogens is 2. The molecule has 12 heteroatoms. The fraction of sp³-hybridized carbons (Fsp3) is 0.385. The number of Topliss-reactive ketones (excluding diaryl/α,β-unsaturated/α-hetero) is 2. The lowest BCUT2D eigenvalue weighted by Gasteiger charge is -2.35. The number of H-pyrrole nitrogens is 1. The Morgan fingerprint density at radius 1 is 1.13 bits per heavy atom. The molecule has 3 heterocycles. The van der Waals surface area contributed by atoms with Crippen LogP contribution in [0.4, 0.5) is 20.6 Å². The van der Waals surface area contributed by atoms with Gasteiger partial charge in [0, 0.05) is 32.6 Å². The van der Waals surface area contributed by atoms with Crippen LogP contribution in [0.5, 0.6) is 0 Å². The molecule has 0 unspecified atom stereocenters. The molecule has 9 nitrogen and oxygen atoms in total. The second-order valence-electron chi connectivity index (χ2n) is 9.55. The third-order valence-corrected chi connectivity index (χ3v) is 7.53. The summed E-state index contributed by atoms with van der Waals surface area (Å²) in [7, 11) is 0. The number of cyclic esters (lactones) is 1. The first-order valence-corrected chi connectivity index (χ1v) is 13.1. The molecule has 1 N–H and O–H groups in total. The molecule has 5 rings (SSSR count). The van der Waals surface area contributed by atoms with Crippen molar-refractivity contribution in [2.45, 2.75) is 25.9 Å². The average molecular weight is 562 g/mol. The maximum Gasteiger partial charge on any atom is 0.414 e. The number of fused-ring (bicyclic) bond motifs is 1. The summed E-state index contributed by atoms with van der Waals surface area (Å²) in [4.78, 5) is 48.9. The summed E-state index contributed by atoms with van der Waals surface area (Å²) in [6, 6.07) is 7.95. The number of carbonyl (C=O) groups excluding carboxylic acids is 3. The van der Waals surface area contributed by atoms with Gasteiger partial charge in [0.25, 0.3) is 0 Å². The van der Waals surface area contributed by atoms with Gasteiger partial charge >= 0.3 is 6.09 Å². The minimum Gasteiger partial charge on any atom is -0.444 e. The molecule has 2 fully saturated rings. The zero-order chi connectivity index (χ0) is 27.0. The molecule has 0 bridgehead atoms. The summed E-state index contributed by atoms with van der Waals surface area (Å²) in [6.07, 6.45) is -0.150. The molecule has 0 saturated carbocycles. The lowest BCUT2D eigenvalue weighted by molar-refractivity contribution is -0.117. The number of hydrogen-bond donors (Lipinski definition) is 1. The number of hydrogen-bond acceptors (Lipinski definition) is 7. The zero-order valence-corrected chi connectivity index (χ0v) is 22.2. The second kappa shape index (κ2) is 10.9. The van der Waals surface area contributed by atoms with Crippen LogP contribution in [0.3, 0.4) is 0 Å². The first kappa shape index (κ1) is 26.4. The van der Waals surface area contributed by atoms with Gasteiger partial charge in [-0.05, 0) is 43.7 Å². The Morgan fingerprint density at radius 3 is 2.58 bits per heavy atom. The minimum atomic E-state index is -0.542. The van der Waals surface area contributed by atoms with Crippen molar-refractivity contribution in [3.63, 3.8) is 0 Å². The second-order valence-corrected chi connectivity index (χ2v) is 10.4. The topological polar surface area (TPSA) is 98.8 Å². The van der Waals surface area contributed by atoms with Crippen molar-refractivity contribution >= 4 is 63.3 Å². The molecular weight excluding hydrogens is 536 g/mol. The number of imidazole rings is 1. The number of piperazine rings is 1. The van der Waals surface area contributed by atoms with Crippen molar-refractivity contribution < 1.29 is 23.5 Å². The summed E-state index contributed by atoms with van der Waals surface area (Å²) < 4.78 is 20.4. The van der Waals surface area contributed by atoms with Crippen molar-refractivity contribution in [1.29, 1.82) is 0 Å². The van der Waals surface area contributed by atoms with Gasteiger partial charge in [0.05, 0.1) is 45.5 Å². The van der Waals surface area contributed by atoms with Crippen LogP contribution in [-0.2, 0) is 9.53 Å². The van der Waals surface area contributed by atoms with E-state index in [9.17, 15) is 14.4 Å². The highest BCUT2D eigenvalue weighted by Crippen LogP contribution is 2.30. The Kier molecular flexibility index (Phi) is 7.56. The number of halogens is 3. The fourth-order valence-electron chi connectivity index (χ4n) is 4.73. The number of nitrogens with one attached hydrogen (secondary N) is 1. The molecular formula is C26H26Cl2FN5O4. The Morgan fingerprint density at radius 2 is 1.87 bits per heavy atom. The lowest BCUT2D eigenvalue weighted by Crippen LogP contribution is -2.48. The minimum absolute atomic E-state index is 0.0320. The number of carbonyl (C=O) groups is 3. The van der Waals surface area contributed by atoms with Crippen molar-refractivity contribution in [2.75, 3.05) is 49.1 Å². The van der Waals surface area contributed by atoms with E-state index in [0.717, 1.165) is 0 Å². The molecule has 0 spiro atoms. The van der Waals surface area contributed by atoms with Crippen LogP contribution in [-0.4, -0.2) is 77.9 Å². The van der Waals surface area contributed by atoms with Crippen LogP contribution in [0, 0.1) is 5.82 Å². The molecule has 0 aliphatic carbocycles. The van der Waals surface area contributed by atoms with E-state index >= 15 is 4.39 Å². The van der Waals surface area contributed by atoms with Gasteiger partial charge in [0.2, 0.25) is 5.78 Å². The Labute approximate surface area is 228 Å². The van der Waals surface area contributed by atoms with Gasteiger partial charge in [0.1, 0.15) is 17.7 Å². The van der Waals surface area contributed by atoms with Crippen LogP contribution < -0.4 is 9.80 Å². The highest BCUT2D eigenvalue weighted by Gasteiger charge is 2.33. The maximum absolute atomic E-state index is 15.1. The van der Waals surface area contributed by atoms with E-state index in [-0.39, 0.29) is 36.6 Å². The number of ether oxygens (including phenoxy) is 1. The number of aromatic amines is 1. The molecule has 0 radical (unpaired) electrons. The lowest BCUT2D eigenvalue weighted by atomic mass is 10.1. The predicted molar refractivity (Wildman–Crippen MR) is 143 cm³/mol. The van der Waals surface area contributed by atoms with Crippen molar-refractivity contribution in [3.8, 4) is 0 Å². The Balaban J connectivity index is 1.17. The summed E-state index contributed by atoms with van der Waals surface area (Å²) in [6.45, 7) is 4.17. The maximum atomic E-state index is 15.1. The predicted octanol–water partition coefficient (Wildman–Crippen LogP) is 4.71. The standard InChI is InChI=1S/C26H26Cl2FN5O4/c1-15(35)2-4-17-13-34(26(37)38-17)16-3-5-23(20(29)10-16)33-8-6-32(7-9-33)14-24(36)25-30-21-11-18(27)19(28)12-22(21)31-25/h3,5,10-12,17H,2,4,6-9,13-14H2,1H3,(H,30,31)/t17-/m0/s1. The summed E-state index contributed by atoms with van der Waals surface area (Å²) in [5.74, 6) is -0.320. The Bertz CT molecular complexity index is 1370.